The molecule has 0 radical (unpaired) electrons. The van der Waals surface area contributed by atoms with Crippen molar-refractivity contribution in [3.8, 4) is 0 Å². The predicted octanol–water partition coefficient (Wildman–Crippen LogP) is 2.62. The van der Waals surface area contributed by atoms with Crippen molar-refractivity contribution in [2.45, 2.75) is 12.5 Å². The fourth-order valence-electron chi connectivity index (χ4n) is 1.53. The monoisotopic (exact) mass is 295 g/mol. The van der Waals surface area contributed by atoms with Crippen molar-refractivity contribution in [1.82, 2.24) is 9.97 Å². The summed E-state index contributed by atoms with van der Waals surface area (Å²) in [5, 5.41) is 0. The Morgan fingerprint density at radius 1 is 1.35 bits per heavy atom. The van der Waals surface area contributed by atoms with E-state index in [-0.39, 0.29) is 11.9 Å². The quantitative estimate of drug-likeness (QED) is 0.947. The molecule has 5 heteroatoms. The predicted molar refractivity (Wildman–Crippen MR) is 66.8 cm³/mol. The lowest BCUT2D eigenvalue weighted by atomic mass is 10.0. The van der Waals surface area contributed by atoms with Gasteiger partial charge in [0.15, 0.2) is 0 Å². The number of benzene rings is 1. The summed E-state index contributed by atoms with van der Waals surface area (Å²) in [4.78, 5) is 8.11. The zero-order chi connectivity index (χ0) is 12.3. The number of nitrogens with two attached hydrogens (primary N) is 1. The van der Waals surface area contributed by atoms with Gasteiger partial charge in [0.05, 0.1) is 11.7 Å². The van der Waals surface area contributed by atoms with E-state index in [9.17, 15) is 4.39 Å². The van der Waals surface area contributed by atoms with Gasteiger partial charge in [-0.1, -0.05) is 22.0 Å². The van der Waals surface area contributed by atoms with Crippen molar-refractivity contribution in [3.63, 3.8) is 0 Å². The van der Waals surface area contributed by atoms with Gasteiger partial charge in [-0.2, -0.15) is 0 Å². The Bertz CT molecular complexity index is 504. The largest absolute Gasteiger partial charge is 0.322 e. The molecule has 0 aliphatic heterocycles. The highest BCUT2D eigenvalue weighted by Gasteiger charge is 2.11. The first kappa shape index (κ1) is 12.1. The molecule has 3 nitrogen and oxygen atoms in total. The van der Waals surface area contributed by atoms with Crippen molar-refractivity contribution in [2.24, 2.45) is 5.73 Å². The molecule has 2 N–H and O–H groups in total. The second-order valence-electron chi connectivity index (χ2n) is 3.68. The van der Waals surface area contributed by atoms with E-state index in [2.05, 4.69) is 25.9 Å². The zero-order valence-electron chi connectivity index (χ0n) is 8.98. The van der Waals surface area contributed by atoms with Crippen LogP contribution < -0.4 is 5.73 Å². The molecule has 0 amide bonds. The number of hydrogen-bond acceptors (Lipinski definition) is 3. The van der Waals surface area contributed by atoms with Crippen molar-refractivity contribution in [2.75, 3.05) is 0 Å². The molecular formula is C12H11BrFN3. The first-order valence-electron chi connectivity index (χ1n) is 5.12. The van der Waals surface area contributed by atoms with Crippen LogP contribution in [0.4, 0.5) is 4.39 Å². The second-order valence-corrected chi connectivity index (χ2v) is 4.53. The first-order valence-corrected chi connectivity index (χ1v) is 5.91. The van der Waals surface area contributed by atoms with E-state index >= 15 is 0 Å². The van der Waals surface area contributed by atoms with E-state index in [1.807, 2.05) is 0 Å². The molecule has 0 saturated heterocycles. The topological polar surface area (TPSA) is 51.8 Å². The van der Waals surface area contributed by atoms with Gasteiger partial charge in [0.25, 0.3) is 0 Å². The van der Waals surface area contributed by atoms with E-state index in [1.54, 1.807) is 24.7 Å². The smallest absolute Gasteiger partial charge is 0.124 e. The maximum atomic E-state index is 12.9. The highest BCUT2D eigenvalue weighted by molar-refractivity contribution is 9.10. The number of rotatable bonds is 3. The van der Waals surface area contributed by atoms with Gasteiger partial charge in [-0.3, -0.25) is 9.97 Å². The van der Waals surface area contributed by atoms with Gasteiger partial charge in [-0.15, -0.1) is 0 Å². The minimum atomic E-state index is -0.270. The molecule has 0 spiro atoms. The van der Waals surface area contributed by atoms with Crippen LogP contribution >= 0.6 is 15.9 Å². The van der Waals surface area contributed by atoms with Crippen LogP contribution in [0.25, 0.3) is 0 Å². The number of hydrogen-bond donors (Lipinski definition) is 1. The minimum absolute atomic E-state index is 0.245. The molecule has 0 aliphatic carbocycles. The summed E-state index contributed by atoms with van der Waals surface area (Å²) in [6.07, 6.45) is 5.43. The fraction of sp³-hybridized carbons (Fsp3) is 0.167. The standard InChI is InChI=1S/C12H11BrFN3/c13-10-6-9(14)2-1-8(10)5-11(15)12-7-16-3-4-17-12/h1-4,6-7,11H,5,15H2. The summed E-state index contributed by atoms with van der Waals surface area (Å²) >= 11 is 3.32. The molecule has 0 aliphatic rings. The lowest BCUT2D eigenvalue weighted by Crippen LogP contribution is -2.15. The van der Waals surface area contributed by atoms with Gasteiger partial charge in [-0.05, 0) is 24.1 Å². The molecular weight excluding hydrogens is 285 g/mol. The van der Waals surface area contributed by atoms with Crippen molar-refractivity contribution in [1.29, 1.82) is 0 Å². The van der Waals surface area contributed by atoms with Crippen LogP contribution in [-0.4, -0.2) is 9.97 Å². The Kier molecular flexibility index (Phi) is 3.81. The molecule has 88 valence electrons. The van der Waals surface area contributed by atoms with Crippen molar-refractivity contribution < 1.29 is 4.39 Å². The zero-order valence-corrected chi connectivity index (χ0v) is 10.6. The van der Waals surface area contributed by atoms with Crippen LogP contribution in [0.1, 0.15) is 17.3 Å². The number of nitrogens with zero attached hydrogens (tertiary/aromatic N) is 2. The highest BCUT2D eigenvalue weighted by Crippen LogP contribution is 2.22. The number of aromatic nitrogens is 2. The maximum absolute atomic E-state index is 12.9. The molecule has 1 aromatic heterocycles. The minimum Gasteiger partial charge on any atom is -0.322 e. The molecule has 1 atom stereocenters. The summed E-state index contributed by atoms with van der Waals surface area (Å²) < 4.78 is 13.6. The molecule has 0 saturated carbocycles. The average Bonchev–Trinajstić information content (AvgIpc) is 2.34. The third kappa shape index (κ3) is 3.08. The average molecular weight is 296 g/mol. The van der Waals surface area contributed by atoms with Gasteiger partial charge < -0.3 is 5.73 Å². The Morgan fingerprint density at radius 2 is 2.18 bits per heavy atom. The highest BCUT2D eigenvalue weighted by atomic mass is 79.9. The maximum Gasteiger partial charge on any atom is 0.124 e. The van der Waals surface area contributed by atoms with E-state index in [0.717, 1.165) is 15.7 Å². The molecule has 2 rings (SSSR count). The Balaban J connectivity index is 2.16. The summed E-state index contributed by atoms with van der Waals surface area (Å²) in [5.74, 6) is -0.270. The molecule has 1 unspecified atom stereocenters. The van der Waals surface area contributed by atoms with E-state index in [4.69, 9.17) is 5.73 Å². The van der Waals surface area contributed by atoms with Crippen LogP contribution in [0.15, 0.2) is 41.3 Å². The Labute approximate surface area is 107 Å². The summed E-state index contributed by atoms with van der Waals surface area (Å²) in [6.45, 7) is 0. The van der Waals surface area contributed by atoms with Crippen LogP contribution in [0, 0.1) is 5.82 Å². The molecule has 17 heavy (non-hydrogen) atoms. The van der Waals surface area contributed by atoms with Gasteiger partial charge in [0.1, 0.15) is 5.82 Å². The van der Waals surface area contributed by atoms with Gasteiger partial charge in [0, 0.05) is 23.1 Å². The van der Waals surface area contributed by atoms with Crippen molar-refractivity contribution >= 4 is 15.9 Å². The van der Waals surface area contributed by atoms with Gasteiger partial charge in [-0.25, -0.2) is 4.39 Å². The van der Waals surface area contributed by atoms with Gasteiger partial charge in [0.2, 0.25) is 0 Å². The molecule has 1 heterocycles. The van der Waals surface area contributed by atoms with Crippen molar-refractivity contribution in [3.05, 3.63) is 58.3 Å². The van der Waals surface area contributed by atoms with Gasteiger partial charge >= 0.3 is 0 Å². The first-order chi connectivity index (χ1) is 8.16. The fourth-order valence-corrected chi connectivity index (χ4v) is 2.04. The third-order valence-electron chi connectivity index (χ3n) is 2.42. The SMILES string of the molecule is NC(Cc1ccc(F)cc1Br)c1cnccn1. The number of halogens is 2. The third-order valence-corrected chi connectivity index (χ3v) is 3.16. The molecule has 0 bridgehead atoms. The van der Waals surface area contributed by atoms with Crippen LogP contribution in [-0.2, 0) is 6.42 Å². The van der Waals surface area contributed by atoms with Crippen LogP contribution in [0.2, 0.25) is 0 Å². The van der Waals surface area contributed by atoms with E-state index < -0.39 is 0 Å². The summed E-state index contributed by atoms with van der Waals surface area (Å²) in [6, 6.07) is 4.32. The Hall–Kier alpha value is -1.33. The van der Waals surface area contributed by atoms with Crippen LogP contribution in [0.3, 0.4) is 0 Å². The molecule has 1 aromatic carbocycles. The van der Waals surface area contributed by atoms with Crippen LogP contribution in [0.5, 0.6) is 0 Å². The normalized spacial score (nSPS) is 12.4. The lowest BCUT2D eigenvalue weighted by Gasteiger charge is -2.11. The second kappa shape index (κ2) is 5.33. The van der Waals surface area contributed by atoms with E-state index in [1.165, 1.54) is 12.1 Å². The lowest BCUT2D eigenvalue weighted by molar-refractivity contribution is 0.623. The molecule has 2 aromatic rings. The summed E-state index contributed by atoms with van der Waals surface area (Å²) in [5.41, 5.74) is 7.69. The summed E-state index contributed by atoms with van der Waals surface area (Å²) in [7, 11) is 0. The van der Waals surface area contributed by atoms with E-state index in [0.29, 0.717) is 6.42 Å². The molecule has 0 fully saturated rings. The Morgan fingerprint density at radius 3 is 2.82 bits per heavy atom.